The van der Waals surface area contributed by atoms with Crippen LogP contribution in [0.3, 0.4) is 0 Å². The van der Waals surface area contributed by atoms with Gasteiger partial charge in [-0.2, -0.15) is 0 Å². The Morgan fingerprint density at radius 1 is 1.33 bits per heavy atom. The number of rotatable bonds is 2. The lowest BCUT2D eigenvalue weighted by Gasteiger charge is -2.03. The zero-order valence-corrected chi connectivity index (χ0v) is 7.42. The van der Waals surface area contributed by atoms with E-state index in [0.717, 1.165) is 0 Å². The summed E-state index contributed by atoms with van der Waals surface area (Å²) in [4.78, 5) is 0.309. The van der Waals surface area contributed by atoms with E-state index in [4.69, 9.17) is 5.73 Å². The van der Waals surface area contributed by atoms with Gasteiger partial charge in [0.1, 0.15) is 0 Å². The first kappa shape index (κ1) is 9.32. The first-order valence-corrected chi connectivity index (χ1v) is 4.51. The average molecular weight is 189 g/mol. The van der Waals surface area contributed by atoms with E-state index in [1.807, 2.05) is 6.92 Å². The third-order valence-electron chi connectivity index (χ3n) is 1.38. The fourth-order valence-corrected chi connectivity index (χ4v) is 1.51. The molecule has 0 aliphatic carbocycles. The maximum absolute atomic E-state index is 13.0. The predicted molar refractivity (Wildman–Crippen MR) is 47.2 cm³/mol. The van der Waals surface area contributed by atoms with Gasteiger partial charge in [-0.25, -0.2) is 8.78 Å². The van der Waals surface area contributed by atoms with Crippen molar-refractivity contribution in [3.05, 3.63) is 23.8 Å². The van der Waals surface area contributed by atoms with Crippen molar-refractivity contribution in [3.63, 3.8) is 0 Å². The molecule has 0 saturated heterocycles. The Balaban J connectivity index is 3.08. The maximum atomic E-state index is 13.0. The maximum Gasteiger partial charge on any atom is 0.182 e. The second-order valence-electron chi connectivity index (χ2n) is 2.21. The summed E-state index contributed by atoms with van der Waals surface area (Å²) in [5.74, 6) is -1.09. The normalized spacial score (nSPS) is 10.2. The lowest BCUT2D eigenvalue weighted by atomic mass is 10.3. The molecule has 66 valence electrons. The lowest BCUT2D eigenvalue weighted by molar-refractivity contribution is 0.495. The number of hydrogen-bond donors (Lipinski definition) is 1. The topological polar surface area (TPSA) is 26.0 Å². The summed E-state index contributed by atoms with van der Waals surface area (Å²) in [5, 5.41) is 0. The number of nitrogens with two attached hydrogens (primary N) is 1. The van der Waals surface area contributed by atoms with E-state index in [0.29, 0.717) is 10.6 Å². The highest BCUT2D eigenvalue weighted by Gasteiger charge is 2.10. The molecular formula is C8H9F2NS. The van der Waals surface area contributed by atoms with Crippen LogP contribution in [0.5, 0.6) is 0 Å². The van der Waals surface area contributed by atoms with Gasteiger partial charge in [-0.1, -0.05) is 6.92 Å². The fraction of sp³-hybridized carbons (Fsp3) is 0.250. The smallest absolute Gasteiger partial charge is 0.182 e. The van der Waals surface area contributed by atoms with Crippen molar-refractivity contribution in [1.82, 2.24) is 0 Å². The van der Waals surface area contributed by atoms with Crippen LogP contribution in [-0.2, 0) is 0 Å². The summed E-state index contributed by atoms with van der Waals surface area (Å²) < 4.78 is 25.8. The highest BCUT2D eigenvalue weighted by atomic mass is 32.2. The summed E-state index contributed by atoms with van der Waals surface area (Å²) >= 11 is 1.25. The van der Waals surface area contributed by atoms with E-state index < -0.39 is 11.6 Å². The van der Waals surface area contributed by atoms with E-state index in [1.165, 1.54) is 23.9 Å². The van der Waals surface area contributed by atoms with E-state index >= 15 is 0 Å². The highest BCUT2D eigenvalue weighted by Crippen LogP contribution is 2.25. The molecule has 1 nitrogen and oxygen atoms in total. The molecular weight excluding hydrogens is 180 g/mol. The van der Waals surface area contributed by atoms with Crippen LogP contribution in [0, 0.1) is 11.6 Å². The standard InChI is InChI=1S/C8H9F2NS/c1-2-12-6-4-3-5(11)7(9)8(6)10/h3-4H,2,11H2,1H3. The molecule has 0 fully saturated rings. The van der Waals surface area contributed by atoms with Crippen LogP contribution in [0.25, 0.3) is 0 Å². The minimum Gasteiger partial charge on any atom is -0.396 e. The van der Waals surface area contributed by atoms with Gasteiger partial charge in [0.05, 0.1) is 5.69 Å². The Labute approximate surface area is 74.0 Å². The van der Waals surface area contributed by atoms with Crippen LogP contribution < -0.4 is 5.73 Å². The van der Waals surface area contributed by atoms with Gasteiger partial charge in [0.25, 0.3) is 0 Å². The van der Waals surface area contributed by atoms with Crippen molar-refractivity contribution in [3.8, 4) is 0 Å². The summed E-state index contributed by atoms with van der Waals surface area (Å²) in [5.41, 5.74) is 5.02. The van der Waals surface area contributed by atoms with Gasteiger partial charge in [0.15, 0.2) is 11.6 Å². The number of nitrogen functional groups attached to an aromatic ring is 1. The zero-order valence-electron chi connectivity index (χ0n) is 6.60. The molecule has 0 radical (unpaired) electrons. The molecule has 12 heavy (non-hydrogen) atoms. The number of halogens is 2. The van der Waals surface area contributed by atoms with Crippen molar-refractivity contribution >= 4 is 17.4 Å². The second kappa shape index (κ2) is 3.76. The molecule has 1 aromatic carbocycles. The number of hydrogen-bond acceptors (Lipinski definition) is 2. The summed E-state index contributed by atoms with van der Waals surface area (Å²) in [6.45, 7) is 1.87. The predicted octanol–water partition coefficient (Wildman–Crippen LogP) is 2.66. The molecule has 0 saturated carbocycles. The summed E-state index contributed by atoms with van der Waals surface area (Å²) in [7, 11) is 0. The molecule has 0 spiro atoms. The van der Waals surface area contributed by atoms with Crippen LogP contribution in [-0.4, -0.2) is 5.75 Å². The second-order valence-corrected chi connectivity index (χ2v) is 3.52. The van der Waals surface area contributed by atoms with Gasteiger partial charge in [-0.05, 0) is 17.9 Å². The molecule has 0 atom stereocenters. The molecule has 0 amide bonds. The van der Waals surface area contributed by atoms with E-state index in [1.54, 1.807) is 0 Å². The Hall–Kier alpha value is -0.770. The van der Waals surface area contributed by atoms with Crippen molar-refractivity contribution in [2.24, 2.45) is 0 Å². The van der Waals surface area contributed by atoms with Crippen molar-refractivity contribution in [2.75, 3.05) is 11.5 Å². The van der Waals surface area contributed by atoms with E-state index in [2.05, 4.69) is 0 Å². The largest absolute Gasteiger partial charge is 0.396 e. The summed E-state index contributed by atoms with van der Waals surface area (Å²) in [6.07, 6.45) is 0. The minimum absolute atomic E-state index is 0.145. The van der Waals surface area contributed by atoms with Gasteiger partial charge in [0, 0.05) is 4.90 Å². The van der Waals surface area contributed by atoms with Crippen molar-refractivity contribution < 1.29 is 8.78 Å². The Kier molecular flexibility index (Phi) is 2.92. The lowest BCUT2D eigenvalue weighted by Crippen LogP contribution is -1.95. The third kappa shape index (κ3) is 1.69. The van der Waals surface area contributed by atoms with E-state index in [9.17, 15) is 8.78 Å². The Morgan fingerprint density at radius 2 is 2.00 bits per heavy atom. The van der Waals surface area contributed by atoms with Crippen LogP contribution in [0.2, 0.25) is 0 Å². The molecule has 0 bridgehead atoms. The Bertz CT molecular complexity index is 289. The minimum atomic E-state index is -0.951. The van der Waals surface area contributed by atoms with Gasteiger partial charge < -0.3 is 5.73 Å². The van der Waals surface area contributed by atoms with Crippen molar-refractivity contribution in [2.45, 2.75) is 11.8 Å². The van der Waals surface area contributed by atoms with Crippen LogP contribution in [0.4, 0.5) is 14.5 Å². The van der Waals surface area contributed by atoms with Gasteiger partial charge in [0.2, 0.25) is 0 Å². The first-order valence-electron chi connectivity index (χ1n) is 3.53. The molecule has 0 aromatic heterocycles. The molecule has 0 unspecified atom stereocenters. The van der Waals surface area contributed by atoms with Gasteiger partial charge >= 0.3 is 0 Å². The SMILES string of the molecule is CCSc1ccc(N)c(F)c1F. The molecule has 0 aliphatic rings. The molecule has 0 aliphatic heterocycles. The number of anilines is 1. The molecule has 1 aromatic rings. The monoisotopic (exact) mass is 189 g/mol. The Morgan fingerprint density at radius 3 is 2.58 bits per heavy atom. The zero-order chi connectivity index (χ0) is 9.14. The van der Waals surface area contributed by atoms with Crippen molar-refractivity contribution in [1.29, 1.82) is 0 Å². The molecule has 0 heterocycles. The first-order chi connectivity index (χ1) is 5.66. The van der Waals surface area contributed by atoms with Gasteiger partial charge in [-0.15, -0.1) is 11.8 Å². The number of benzene rings is 1. The highest BCUT2D eigenvalue weighted by molar-refractivity contribution is 7.99. The van der Waals surface area contributed by atoms with Crippen LogP contribution in [0.1, 0.15) is 6.92 Å². The third-order valence-corrected chi connectivity index (χ3v) is 2.29. The number of thioether (sulfide) groups is 1. The molecule has 2 N–H and O–H groups in total. The van der Waals surface area contributed by atoms with E-state index in [-0.39, 0.29) is 5.69 Å². The van der Waals surface area contributed by atoms with Crippen LogP contribution in [0.15, 0.2) is 17.0 Å². The average Bonchev–Trinajstić information content (AvgIpc) is 2.07. The fourth-order valence-electron chi connectivity index (χ4n) is 0.814. The summed E-state index contributed by atoms with van der Waals surface area (Å²) in [6, 6.07) is 2.86. The van der Waals surface area contributed by atoms with Crippen LogP contribution >= 0.6 is 11.8 Å². The quantitative estimate of drug-likeness (QED) is 0.571. The molecule has 1 rings (SSSR count). The van der Waals surface area contributed by atoms with Gasteiger partial charge in [-0.3, -0.25) is 0 Å². The molecule has 4 heteroatoms.